The highest BCUT2D eigenvalue weighted by Gasteiger charge is 2.29. The third-order valence-electron chi connectivity index (χ3n) is 4.71. The van der Waals surface area contributed by atoms with Crippen molar-refractivity contribution < 1.29 is 32.0 Å². The van der Waals surface area contributed by atoms with Crippen molar-refractivity contribution >= 4 is 5.91 Å². The molecule has 1 N–H and O–H groups in total. The zero-order chi connectivity index (χ0) is 22.6. The van der Waals surface area contributed by atoms with Gasteiger partial charge in [0, 0.05) is 12.1 Å². The molecule has 2 aromatic carbocycles. The van der Waals surface area contributed by atoms with Gasteiger partial charge >= 0.3 is 6.18 Å². The van der Waals surface area contributed by atoms with Crippen LogP contribution in [0.25, 0.3) is 0 Å². The summed E-state index contributed by atoms with van der Waals surface area (Å²) in [5.74, 6) is 1.09. The molecule has 0 fully saturated rings. The van der Waals surface area contributed by atoms with Gasteiger partial charge in [0.1, 0.15) is 12.4 Å². The quantitative estimate of drug-likeness (QED) is 0.577. The van der Waals surface area contributed by atoms with Gasteiger partial charge in [-0.2, -0.15) is 13.2 Å². The standard InChI is InChI=1S/C22H21F3N2O4/c1-13-18(14(2)31-27-13)12-30-19-9-6-16(10-20(19)29-3)21(28)26-11-15-4-7-17(8-5-15)22(23,24)25/h4-10H,11-12H2,1-3H3,(H,26,28). The van der Waals surface area contributed by atoms with Crippen LogP contribution in [0, 0.1) is 13.8 Å². The molecule has 1 aromatic heterocycles. The maximum Gasteiger partial charge on any atom is 0.416 e. The van der Waals surface area contributed by atoms with Crippen molar-refractivity contribution in [2.75, 3.05) is 7.11 Å². The summed E-state index contributed by atoms with van der Waals surface area (Å²) < 4.78 is 54.1. The third kappa shape index (κ3) is 5.36. The van der Waals surface area contributed by atoms with Crippen molar-refractivity contribution in [3.05, 3.63) is 76.2 Å². The first-order chi connectivity index (χ1) is 14.7. The number of carbonyl (C=O) groups excluding carboxylic acids is 1. The Labute approximate surface area is 177 Å². The lowest BCUT2D eigenvalue weighted by Crippen LogP contribution is -2.22. The summed E-state index contributed by atoms with van der Waals surface area (Å²) in [7, 11) is 1.46. The van der Waals surface area contributed by atoms with Crippen molar-refractivity contribution in [1.29, 1.82) is 0 Å². The summed E-state index contributed by atoms with van der Waals surface area (Å²) in [4.78, 5) is 12.4. The average molecular weight is 434 g/mol. The SMILES string of the molecule is COc1cc(C(=O)NCc2ccc(C(F)(F)F)cc2)ccc1OCc1c(C)noc1C. The van der Waals surface area contributed by atoms with Gasteiger partial charge in [0.2, 0.25) is 0 Å². The molecular formula is C22H21F3N2O4. The van der Waals surface area contributed by atoms with E-state index in [1.165, 1.54) is 25.3 Å². The highest BCUT2D eigenvalue weighted by molar-refractivity contribution is 5.94. The minimum Gasteiger partial charge on any atom is -0.493 e. The number of hydrogen-bond acceptors (Lipinski definition) is 5. The van der Waals surface area contributed by atoms with E-state index in [2.05, 4.69) is 10.5 Å². The Balaban J connectivity index is 1.63. The highest BCUT2D eigenvalue weighted by Crippen LogP contribution is 2.30. The first-order valence-corrected chi connectivity index (χ1v) is 9.36. The molecule has 0 unspecified atom stereocenters. The van der Waals surface area contributed by atoms with Crippen LogP contribution in [0.2, 0.25) is 0 Å². The van der Waals surface area contributed by atoms with Crippen molar-refractivity contribution in [2.45, 2.75) is 33.2 Å². The first kappa shape index (κ1) is 22.2. The molecule has 0 aliphatic heterocycles. The van der Waals surface area contributed by atoms with E-state index in [-0.39, 0.29) is 13.2 Å². The zero-order valence-electron chi connectivity index (χ0n) is 17.2. The number of benzene rings is 2. The van der Waals surface area contributed by atoms with E-state index in [9.17, 15) is 18.0 Å². The number of amides is 1. The number of carbonyl (C=O) groups is 1. The Morgan fingerprint density at radius 1 is 1.10 bits per heavy atom. The van der Waals surface area contributed by atoms with Crippen LogP contribution in [0.4, 0.5) is 13.2 Å². The lowest BCUT2D eigenvalue weighted by molar-refractivity contribution is -0.137. The fraction of sp³-hybridized carbons (Fsp3) is 0.273. The van der Waals surface area contributed by atoms with Crippen LogP contribution in [0.15, 0.2) is 47.0 Å². The fourth-order valence-corrected chi connectivity index (χ4v) is 2.88. The topological polar surface area (TPSA) is 73.6 Å². The number of methoxy groups -OCH3 is 1. The minimum absolute atomic E-state index is 0.0869. The van der Waals surface area contributed by atoms with E-state index in [0.29, 0.717) is 28.4 Å². The molecule has 0 bridgehead atoms. The largest absolute Gasteiger partial charge is 0.493 e. The Bertz CT molecular complexity index is 1040. The molecule has 9 heteroatoms. The number of aromatic nitrogens is 1. The highest BCUT2D eigenvalue weighted by atomic mass is 19.4. The molecule has 0 saturated heterocycles. The number of aryl methyl sites for hydroxylation is 2. The van der Waals surface area contributed by atoms with Gasteiger partial charge in [0.15, 0.2) is 11.5 Å². The number of halogens is 3. The molecule has 0 aliphatic rings. The normalized spacial score (nSPS) is 11.3. The second-order valence-electron chi connectivity index (χ2n) is 6.83. The maximum atomic E-state index is 12.6. The van der Waals surface area contributed by atoms with Gasteiger partial charge in [-0.05, 0) is 49.7 Å². The van der Waals surface area contributed by atoms with E-state index >= 15 is 0 Å². The van der Waals surface area contributed by atoms with Gasteiger partial charge < -0.3 is 19.3 Å². The third-order valence-corrected chi connectivity index (χ3v) is 4.71. The Kier molecular flexibility index (Phi) is 6.53. The van der Waals surface area contributed by atoms with Crippen molar-refractivity contribution in [3.8, 4) is 11.5 Å². The van der Waals surface area contributed by atoms with Gasteiger partial charge in [-0.25, -0.2) is 0 Å². The number of ether oxygens (including phenoxy) is 2. The van der Waals surface area contributed by atoms with Crippen molar-refractivity contribution in [3.63, 3.8) is 0 Å². The predicted octanol–water partition coefficient (Wildman–Crippen LogP) is 4.83. The smallest absolute Gasteiger partial charge is 0.416 e. The molecule has 6 nitrogen and oxygen atoms in total. The minimum atomic E-state index is -4.40. The molecule has 0 saturated carbocycles. The average Bonchev–Trinajstić information content (AvgIpc) is 3.07. The summed E-state index contributed by atoms with van der Waals surface area (Å²) in [5.41, 5.74) is 1.71. The molecule has 0 aliphatic carbocycles. The number of nitrogens with one attached hydrogen (secondary N) is 1. The zero-order valence-corrected chi connectivity index (χ0v) is 17.2. The van der Waals surface area contributed by atoms with E-state index in [0.717, 1.165) is 23.4 Å². The van der Waals surface area contributed by atoms with Gasteiger partial charge in [-0.3, -0.25) is 4.79 Å². The van der Waals surface area contributed by atoms with Crippen LogP contribution in [0.1, 0.15) is 38.5 Å². The Morgan fingerprint density at radius 3 is 2.39 bits per heavy atom. The van der Waals surface area contributed by atoms with Gasteiger partial charge in [0.25, 0.3) is 5.91 Å². The lowest BCUT2D eigenvalue weighted by Gasteiger charge is -2.13. The molecule has 31 heavy (non-hydrogen) atoms. The van der Waals surface area contributed by atoms with Crippen LogP contribution in [-0.4, -0.2) is 18.2 Å². The lowest BCUT2D eigenvalue weighted by atomic mass is 10.1. The Hall–Kier alpha value is -3.49. The van der Waals surface area contributed by atoms with Gasteiger partial charge in [0.05, 0.1) is 23.9 Å². The number of alkyl halides is 3. The van der Waals surface area contributed by atoms with Crippen molar-refractivity contribution in [1.82, 2.24) is 10.5 Å². The van der Waals surface area contributed by atoms with E-state index in [1.54, 1.807) is 19.1 Å². The van der Waals surface area contributed by atoms with Crippen LogP contribution in [0.3, 0.4) is 0 Å². The summed E-state index contributed by atoms with van der Waals surface area (Å²) in [6, 6.07) is 9.35. The molecule has 1 heterocycles. The van der Waals surface area contributed by atoms with Crippen molar-refractivity contribution in [2.24, 2.45) is 0 Å². The first-order valence-electron chi connectivity index (χ1n) is 9.36. The predicted molar refractivity (Wildman–Crippen MR) is 106 cm³/mol. The summed E-state index contributed by atoms with van der Waals surface area (Å²) in [6.07, 6.45) is -4.40. The molecular weight excluding hydrogens is 413 g/mol. The summed E-state index contributed by atoms with van der Waals surface area (Å²) in [6.45, 7) is 3.93. The van der Waals surface area contributed by atoms with Crippen LogP contribution >= 0.6 is 0 Å². The Morgan fingerprint density at radius 2 is 1.81 bits per heavy atom. The van der Waals surface area contributed by atoms with Gasteiger partial charge in [-0.15, -0.1) is 0 Å². The molecule has 0 atom stereocenters. The number of hydrogen-bond donors (Lipinski definition) is 1. The monoisotopic (exact) mass is 434 g/mol. The molecule has 3 rings (SSSR count). The van der Waals surface area contributed by atoms with Gasteiger partial charge in [-0.1, -0.05) is 17.3 Å². The molecule has 0 radical (unpaired) electrons. The summed E-state index contributed by atoms with van der Waals surface area (Å²) >= 11 is 0. The second kappa shape index (κ2) is 9.11. The second-order valence-corrected chi connectivity index (χ2v) is 6.83. The van der Waals surface area contributed by atoms with E-state index in [4.69, 9.17) is 14.0 Å². The molecule has 1 amide bonds. The van der Waals surface area contributed by atoms with E-state index in [1.807, 2.05) is 6.92 Å². The van der Waals surface area contributed by atoms with Crippen LogP contribution in [0.5, 0.6) is 11.5 Å². The summed E-state index contributed by atoms with van der Waals surface area (Å²) in [5, 5.41) is 6.55. The number of nitrogens with zero attached hydrogens (tertiary/aromatic N) is 1. The van der Waals surface area contributed by atoms with Crippen LogP contribution in [-0.2, 0) is 19.3 Å². The molecule has 3 aromatic rings. The maximum absolute atomic E-state index is 12.6. The van der Waals surface area contributed by atoms with E-state index < -0.39 is 17.6 Å². The van der Waals surface area contributed by atoms with Crippen LogP contribution < -0.4 is 14.8 Å². The number of rotatable bonds is 7. The molecule has 0 spiro atoms. The molecule has 164 valence electrons. The fourth-order valence-electron chi connectivity index (χ4n) is 2.88.